The van der Waals surface area contributed by atoms with Gasteiger partial charge in [0.05, 0.1) is 20.1 Å². The first-order valence-electron chi connectivity index (χ1n) is 6.10. The highest BCUT2D eigenvalue weighted by Gasteiger charge is 2.18. The van der Waals surface area contributed by atoms with Gasteiger partial charge in [-0.3, -0.25) is 20.4 Å². The van der Waals surface area contributed by atoms with Crippen LogP contribution in [0.5, 0.6) is 0 Å². The Morgan fingerprint density at radius 1 is 0.667 bits per heavy atom. The van der Waals surface area contributed by atoms with Crippen molar-refractivity contribution in [3.05, 3.63) is 67.6 Å². The molecule has 24 heavy (non-hydrogen) atoms. The lowest BCUT2D eigenvalue weighted by atomic mass is 10.2. The fourth-order valence-corrected chi connectivity index (χ4v) is 2.27. The summed E-state index contributed by atoms with van der Waals surface area (Å²) in [4.78, 5) is 23.5. The SMILES string of the molecule is O=C(NNC(=O)c1cc(F)c(Br)cc1F)c1cc(F)c(Br)cc1F. The number of amides is 2. The van der Waals surface area contributed by atoms with Crippen LogP contribution in [-0.4, -0.2) is 11.8 Å². The Hall–Kier alpha value is -1.94. The molecule has 2 aromatic carbocycles. The van der Waals surface area contributed by atoms with Crippen LogP contribution in [0.3, 0.4) is 0 Å². The maximum absolute atomic E-state index is 13.6. The Morgan fingerprint density at radius 2 is 1.00 bits per heavy atom. The average Bonchev–Trinajstić information content (AvgIpc) is 2.51. The van der Waals surface area contributed by atoms with Gasteiger partial charge >= 0.3 is 0 Å². The molecule has 0 saturated heterocycles. The van der Waals surface area contributed by atoms with E-state index in [2.05, 4.69) is 31.9 Å². The predicted octanol–water partition coefficient (Wildman–Crippen LogP) is 3.84. The molecule has 0 aliphatic carbocycles. The van der Waals surface area contributed by atoms with Gasteiger partial charge in [0.2, 0.25) is 0 Å². The maximum Gasteiger partial charge on any atom is 0.272 e. The van der Waals surface area contributed by atoms with Crippen LogP contribution in [0.25, 0.3) is 0 Å². The molecule has 0 aliphatic rings. The zero-order valence-electron chi connectivity index (χ0n) is 11.4. The van der Waals surface area contributed by atoms with Gasteiger partial charge in [0.15, 0.2) is 0 Å². The first-order chi connectivity index (χ1) is 11.2. The van der Waals surface area contributed by atoms with Gasteiger partial charge in [0.25, 0.3) is 11.8 Å². The lowest BCUT2D eigenvalue weighted by molar-refractivity contribution is 0.0841. The highest BCUT2D eigenvalue weighted by molar-refractivity contribution is 9.10. The Kier molecular flexibility index (Phi) is 5.60. The summed E-state index contributed by atoms with van der Waals surface area (Å²) in [5.74, 6) is -6.23. The van der Waals surface area contributed by atoms with Crippen molar-refractivity contribution >= 4 is 43.7 Å². The van der Waals surface area contributed by atoms with E-state index in [0.717, 1.165) is 12.1 Å². The quantitative estimate of drug-likeness (QED) is 0.399. The van der Waals surface area contributed by atoms with Crippen molar-refractivity contribution < 1.29 is 27.2 Å². The second-order valence-electron chi connectivity index (χ2n) is 4.40. The van der Waals surface area contributed by atoms with Crippen molar-refractivity contribution in [2.45, 2.75) is 0 Å². The Labute approximate surface area is 149 Å². The molecule has 2 aromatic rings. The minimum absolute atomic E-state index is 0.187. The summed E-state index contributed by atoms with van der Waals surface area (Å²) in [6.45, 7) is 0. The van der Waals surface area contributed by atoms with E-state index >= 15 is 0 Å². The van der Waals surface area contributed by atoms with Gasteiger partial charge in [-0.2, -0.15) is 0 Å². The molecule has 0 fully saturated rings. The minimum Gasteiger partial charge on any atom is -0.267 e. The van der Waals surface area contributed by atoms with Crippen molar-refractivity contribution in [3.63, 3.8) is 0 Å². The van der Waals surface area contributed by atoms with Gasteiger partial charge in [0, 0.05) is 0 Å². The summed E-state index contributed by atoms with van der Waals surface area (Å²) in [6, 6.07) is 2.69. The number of nitrogens with one attached hydrogen (secondary N) is 2. The Morgan fingerprint density at radius 3 is 1.33 bits per heavy atom. The number of halogens is 6. The molecule has 0 aliphatic heterocycles. The monoisotopic (exact) mass is 468 g/mol. The fourth-order valence-electron chi connectivity index (χ4n) is 1.64. The summed E-state index contributed by atoms with van der Waals surface area (Å²) < 4.78 is 53.5. The zero-order chi connectivity index (χ0) is 18.0. The van der Waals surface area contributed by atoms with Gasteiger partial charge < -0.3 is 0 Å². The third-order valence-corrected chi connectivity index (χ3v) is 4.01. The van der Waals surface area contributed by atoms with E-state index in [1.165, 1.54) is 0 Å². The molecule has 2 N–H and O–H groups in total. The molecule has 0 atom stereocenters. The van der Waals surface area contributed by atoms with Crippen LogP contribution in [-0.2, 0) is 0 Å². The van der Waals surface area contributed by atoms with Crippen molar-refractivity contribution in [2.24, 2.45) is 0 Å². The number of carbonyl (C=O) groups excluding carboxylic acids is 2. The van der Waals surface area contributed by atoms with Gasteiger partial charge in [0.1, 0.15) is 23.3 Å². The van der Waals surface area contributed by atoms with Crippen molar-refractivity contribution in [1.29, 1.82) is 0 Å². The molecule has 4 nitrogen and oxygen atoms in total. The highest BCUT2D eigenvalue weighted by atomic mass is 79.9. The molecule has 0 aromatic heterocycles. The molecule has 2 rings (SSSR count). The largest absolute Gasteiger partial charge is 0.272 e. The van der Waals surface area contributed by atoms with E-state index in [1.807, 2.05) is 0 Å². The fraction of sp³-hybridized carbons (Fsp3) is 0. The standard InChI is InChI=1S/C14H6Br2F4N2O2/c15-7-3-9(17)5(1-11(7)19)13(23)21-22-14(24)6-2-12(20)8(16)4-10(6)18/h1-4H,(H,21,23)(H,22,24). The predicted molar refractivity (Wildman–Crippen MR) is 83.0 cm³/mol. The number of benzene rings is 2. The van der Waals surface area contributed by atoms with Crippen LogP contribution < -0.4 is 10.9 Å². The smallest absolute Gasteiger partial charge is 0.267 e. The molecule has 0 heterocycles. The topological polar surface area (TPSA) is 58.2 Å². The van der Waals surface area contributed by atoms with Crippen LogP contribution in [0, 0.1) is 23.3 Å². The van der Waals surface area contributed by atoms with Crippen LogP contribution in [0.2, 0.25) is 0 Å². The molecule has 0 radical (unpaired) electrons. The summed E-state index contributed by atoms with van der Waals surface area (Å²) in [7, 11) is 0. The third-order valence-electron chi connectivity index (χ3n) is 2.80. The van der Waals surface area contributed by atoms with Gasteiger partial charge in [-0.1, -0.05) is 0 Å². The van der Waals surface area contributed by atoms with E-state index in [0.29, 0.717) is 12.1 Å². The van der Waals surface area contributed by atoms with Crippen LogP contribution in [0.15, 0.2) is 33.2 Å². The number of carbonyl (C=O) groups is 2. The third kappa shape index (κ3) is 3.93. The first kappa shape index (κ1) is 18.4. The molecule has 126 valence electrons. The van der Waals surface area contributed by atoms with Crippen molar-refractivity contribution in [1.82, 2.24) is 10.9 Å². The zero-order valence-corrected chi connectivity index (χ0v) is 14.6. The highest BCUT2D eigenvalue weighted by Crippen LogP contribution is 2.21. The number of hydrazine groups is 1. The van der Waals surface area contributed by atoms with Crippen molar-refractivity contribution in [3.8, 4) is 0 Å². The van der Waals surface area contributed by atoms with Gasteiger partial charge in [-0.25, -0.2) is 17.6 Å². The second-order valence-corrected chi connectivity index (χ2v) is 6.11. The molecule has 0 unspecified atom stereocenters. The molecular weight excluding hydrogens is 464 g/mol. The van der Waals surface area contributed by atoms with E-state index < -0.39 is 46.2 Å². The van der Waals surface area contributed by atoms with Crippen molar-refractivity contribution in [2.75, 3.05) is 0 Å². The number of hydrogen-bond acceptors (Lipinski definition) is 2. The van der Waals surface area contributed by atoms with Gasteiger partial charge in [-0.05, 0) is 56.1 Å². The molecule has 0 spiro atoms. The normalized spacial score (nSPS) is 10.4. The maximum atomic E-state index is 13.6. The van der Waals surface area contributed by atoms with Crippen LogP contribution >= 0.6 is 31.9 Å². The summed E-state index contributed by atoms with van der Waals surface area (Å²) in [5, 5.41) is 0. The molecule has 0 saturated carbocycles. The van der Waals surface area contributed by atoms with E-state index in [-0.39, 0.29) is 8.95 Å². The number of rotatable bonds is 2. The summed E-state index contributed by atoms with van der Waals surface area (Å²) in [5.41, 5.74) is 2.21. The van der Waals surface area contributed by atoms with Crippen LogP contribution in [0.4, 0.5) is 17.6 Å². The molecular formula is C14H6Br2F4N2O2. The van der Waals surface area contributed by atoms with Crippen LogP contribution in [0.1, 0.15) is 20.7 Å². The summed E-state index contributed by atoms with van der Waals surface area (Å²) in [6.07, 6.45) is 0. The molecule has 2 amide bonds. The Bertz CT molecular complexity index is 777. The second kappa shape index (κ2) is 7.31. The number of hydrogen-bond donors (Lipinski definition) is 2. The molecule has 10 heteroatoms. The molecule has 0 bridgehead atoms. The lowest BCUT2D eigenvalue weighted by Gasteiger charge is -2.09. The van der Waals surface area contributed by atoms with E-state index in [4.69, 9.17) is 0 Å². The minimum atomic E-state index is -1.18. The van der Waals surface area contributed by atoms with Gasteiger partial charge in [-0.15, -0.1) is 0 Å². The van der Waals surface area contributed by atoms with E-state index in [1.54, 1.807) is 10.9 Å². The first-order valence-corrected chi connectivity index (χ1v) is 7.69. The van der Waals surface area contributed by atoms with E-state index in [9.17, 15) is 27.2 Å². The lowest BCUT2D eigenvalue weighted by Crippen LogP contribution is -2.42. The Balaban J connectivity index is 2.13. The summed E-state index contributed by atoms with van der Waals surface area (Å²) >= 11 is 5.49. The average molecular weight is 470 g/mol.